The molecule has 4 N–H and O–H groups in total. The van der Waals surface area contributed by atoms with Crippen LogP contribution in [0.4, 0.5) is 10.7 Å². The Morgan fingerprint density at radius 3 is 2.70 bits per heavy atom. The van der Waals surface area contributed by atoms with Crippen molar-refractivity contribution in [3.63, 3.8) is 0 Å². The quantitative estimate of drug-likeness (QED) is 0.370. The number of nitrogen functional groups attached to an aromatic ring is 1. The Labute approximate surface area is 125 Å². The van der Waals surface area contributed by atoms with Gasteiger partial charge in [0.25, 0.3) is 10.0 Å². The number of sulfonamides is 1. The first kappa shape index (κ1) is 17.2. The van der Waals surface area contributed by atoms with Crippen LogP contribution >= 0.6 is 23.1 Å². The van der Waals surface area contributed by atoms with Gasteiger partial charge in [-0.2, -0.15) is 11.8 Å². The van der Waals surface area contributed by atoms with Gasteiger partial charge in [0.15, 0.2) is 5.00 Å². The monoisotopic (exact) mass is 340 g/mol. The van der Waals surface area contributed by atoms with E-state index >= 15 is 0 Å². The summed E-state index contributed by atoms with van der Waals surface area (Å²) in [5, 5.41) is 10.8. The second-order valence-electron chi connectivity index (χ2n) is 3.99. The molecule has 0 aromatic carbocycles. The summed E-state index contributed by atoms with van der Waals surface area (Å²) >= 11 is 2.34. The lowest BCUT2D eigenvalue weighted by Crippen LogP contribution is -2.32. The third-order valence-electron chi connectivity index (χ3n) is 2.39. The van der Waals surface area contributed by atoms with Gasteiger partial charge in [0, 0.05) is 12.1 Å². The third-order valence-corrected chi connectivity index (χ3v) is 6.16. The van der Waals surface area contributed by atoms with Crippen LogP contribution in [0, 0.1) is 10.1 Å². The number of thiophene rings is 1. The number of hydrogen-bond donors (Lipinski definition) is 3. The van der Waals surface area contributed by atoms with Gasteiger partial charge < -0.3 is 5.43 Å². The highest BCUT2D eigenvalue weighted by atomic mass is 32.2. The van der Waals surface area contributed by atoms with Crippen LogP contribution in [0.1, 0.15) is 13.3 Å². The Kier molecular flexibility index (Phi) is 6.20. The summed E-state index contributed by atoms with van der Waals surface area (Å²) in [6.45, 7) is 1.75. The van der Waals surface area contributed by atoms with Gasteiger partial charge in [-0.05, 0) is 25.4 Å². The van der Waals surface area contributed by atoms with Crippen molar-refractivity contribution in [2.45, 2.75) is 23.6 Å². The van der Waals surface area contributed by atoms with Gasteiger partial charge in [0.1, 0.15) is 4.21 Å². The highest BCUT2D eigenvalue weighted by Gasteiger charge is 2.26. The number of hydrogen-bond acceptors (Lipinski definition) is 8. The van der Waals surface area contributed by atoms with Crippen LogP contribution < -0.4 is 16.0 Å². The number of nitrogens with zero attached hydrogens (tertiary/aromatic N) is 1. The minimum Gasteiger partial charge on any atom is -0.310 e. The molecule has 20 heavy (non-hydrogen) atoms. The molecule has 0 saturated carbocycles. The largest absolute Gasteiger partial charge is 0.310 e. The van der Waals surface area contributed by atoms with Crippen LogP contribution in [0.5, 0.6) is 0 Å². The highest BCUT2D eigenvalue weighted by Crippen LogP contribution is 2.36. The molecule has 0 aliphatic rings. The molecule has 1 atom stereocenters. The summed E-state index contributed by atoms with van der Waals surface area (Å²) in [6.07, 6.45) is 2.61. The minimum atomic E-state index is -3.78. The zero-order valence-corrected chi connectivity index (χ0v) is 13.4. The van der Waals surface area contributed by atoms with E-state index in [1.165, 1.54) is 0 Å². The lowest BCUT2D eigenvalue weighted by atomic mass is 10.3. The second kappa shape index (κ2) is 7.22. The molecule has 0 saturated heterocycles. The molecule has 8 nitrogen and oxygen atoms in total. The summed E-state index contributed by atoms with van der Waals surface area (Å²) in [7, 11) is -3.78. The van der Waals surface area contributed by atoms with Gasteiger partial charge in [-0.1, -0.05) is 11.3 Å². The molecule has 0 aliphatic heterocycles. The fraction of sp³-hybridized carbons (Fsp3) is 0.556. The maximum absolute atomic E-state index is 12.1. The average Bonchev–Trinajstić information content (AvgIpc) is 2.80. The number of nitrogens with one attached hydrogen (secondary N) is 2. The van der Waals surface area contributed by atoms with Crippen molar-refractivity contribution < 1.29 is 13.3 Å². The van der Waals surface area contributed by atoms with Crippen molar-refractivity contribution in [1.29, 1.82) is 0 Å². The van der Waals surface area contributed by atoms with E-state index in [0.29, 0.717) is 6.42 Å². The summed E-state index contributed by atoms with van der Waals surface area (Å²) < 4.78 is 26.6. The molecule has 0 fully saturated rings. The van der Waals surface area contributed by atoms with Gasteiger partial charge in [0.2, 0.25) is 0 Å². The van der Waals surface area contributed by atoms with E-state index < -0.39 is 14.9 Å². The van der Waals surface area contributed by atoms with Crippen molar-refractivity contribution in [3.8, 4) is 0 Å². The van der Waals surface area contributed by atoms with Gasteiger partial charge in [0.05, 0.1) is 4.92 Å². The zero-order chi connectivity index (χ0) is 15.3. The Morgan fingerprint density at radius 2 is 2.25 bits per heavy atom. The highest BCUT2D eigenvalue weighted by molar-refractivity contribution is 7.98. The molecule has 0 radical (unpaired) electrons. The number of rotatable bonds is 8. The van der Waals surface area contributed by atoms with Crippen molar-refractivity contribution in [1.82, 2.24) is 4.72 Å². The van der Waals surface area contributed by atoms with Crippen LogP contribution in [0.3, 0.4) is 0 Å². The second-order valence-corrected chi connectivity index (χ2v) is 7.96. The van der Waals surface area contributed by atoms with E-state index in [-0.39, 0.29) is 20.9 Å². The average molecular weight is 340 g/mol. The summed E-state index contributed by atoms with van der Waals surface area (Å²) in [6, 6.07) is 0.756. The first-order valence-electron chi connectivity index (χ1n) is 5.58. The predicted molar refractivity (Wildman–Crippen MR) is 81.6 cm³/mol. The van der Waals surface area contributed by atoms with E-state index in [9.17, 15) is 18.5 Å². The number of nitro groups is 1. The van der Waals surface area contributed by atoms with Crippen LogP contribution in [0.15, 0.2) is 10.3 Å². The molecular formula is C9H16N4O4S3. The maximum atomic E-state index is 12.1. The van der Waals surface area contributed by atoms with Crippen molar-refractivity contribution in [2.24, 2.45) is 5.84 Å². The molecule has 1 rings (SSSR count). The van der Waals surface area contributed by atoms with Crippen molar-refractivity contribution in [2.75, 3.05) is 17.4 Å². The van der Waals surface area contributed by atoms with Gasteiger partial charge in [-0.15, -0.1) is 0 Å². The van der Waals surface area contributed by atoms with Gasteiger partial charge in [-0.25, -0.2) is 19.0 Å². The van der Waals surface area contributed by atoms with E-state index in [4.69, 9.17) is 5.84 Å². The molecule has 0 amide bonds. The first-order chi connectivity index (χ1) is 9.31. The fourth-order valence-electron chi connectivity index (χ4n) is 1.41. The van der Waals surface area contributed by atoms with E-state index in [2.05, 4.69) is 10.1 Å². The standard InChI is InChI=1S/C9H16N4O4S3/c1-6(3-4-18-2)12-20(16,17)8-5-7(13(14)15)9(11-10)19-8/h5-6,11-12H,3-4,10H2,1-2H3. The van der Waals surface area contributed by atoms with Crippen molar-refractivity contribution >= 4 is 43.8 Å². The molecular weight excluding hydrogens is 324 g/mol. The smallest absolute Gasteiger partial charge is 0.306 e. The normalized spacial score (nSPS) is 13.2. The topological polar surface area (TPSA) is 127 Å². The maximum Gasteiger partial charge on any atom is 0.306 e. The van der Waals surface area contributed by atoms with E-state index in [1.807, 2.05) is 6.26 Å². The summed E-state index contributed by atoms with van der Waals surface area (Å²) in [5.74, 6) is 5.97. The predicted octanol–water partition coefficient (Wildman–Crippen LogP) is 1.36. The Bertz CT molecular complexity index is 572. The van der Waals surface area contributed by atoms with Crippen molar-refractivity contribution in [3.05, 3.63) is 16.2 Å². The number of anilines is 1. The van der Waals surface area contributed by atoms with Gasteiger partial charge in [-0.3, -0.25) is 10.1 Å². The SMILES string of the molecule is CSCCC(C)NS(=O)(=O)c1cc([N+](=O)[O-])c(NN)s1. The molecule has 0 bridgehead atoms. The number of nitrogens with two attached hydrogens (primary N) is 1. The van der Waals surface area contributed by atoms with E-state index in [0.717, 1.165) is 23.2 Å². The molecule has 0 aliphatic carbocycles. The van der Waals surface area contributed by atoms with Crippen LogP contribution in [0.2, 0.25) is 0 Å². The lowest BCUT2D eigenvalue weighted by Gasteiger charge is -2.12. The molecule has 1 aromatic heterocycles. The molecule has 114 valence electrons. The molecule has 1 aromatic rings. The van der Waals surface area contributed by atoms with Crippen LogP contribution in [-0.4, -0.2) is 31.4 Å². The summed E-state index contributed by atoms with van der Waals surface area (Å²) in [5.41, 5.74) is 1.79. The molecule has 1 unspecified atom stereocenters. The third kappa shape index (κ3) is 4.31. The lowest BCUT2D eigenvalue weighted by molar-refractivity contribution is -0.383. The number of hydrazine groups is 1. The van der Waals surface area contributed by atoms with E-state index in [1.54, 1.807) is 18.7 Å². The number of thioether (sulfide) groups is 1. The Balaban J connectivity index is 2.95. The molecule has 1 heterocycles. The first-order valence-corrected chi connectivity index (χ1v) is 9.27. The van der Waals surface area contributed by atoms with Gasteiger partial charge >= 0.3 is 5.69 Å². The molecule has 0 spiro atoms. The Hall–Kier alpha value is -0.880. The van der Waals surface area contributed by atoms with Crippen LogP contribution in [0.25, 0.3) is 0 Å². The summed E-state index contributed by atoms with van der Waals surface area (Å²) in [4.78, 5) is 10.1. The fourth-order valence-corrected chi connectivity index (χ4v) is 4.53. The minimum absolute atomic E-state index is 0.00661. The Morgan fingerprint density at radius 1 is 1.60 bits per heavy atom. The van der Waals surface area contributed by atoms with Crippen LogP contribution in [-0.2, 0) is 10.0 Å². The molecule has 11 heteroatoms. The zero-order valence-electron chi connectivity index (χ0n) is 11.0.